The lowest BCUT2D eigenvalue weighted by molar-refractivity contribution is -0.139. The van der Waals surface area contributed by atoms with Crippen LogP contribution in [0, 0.1) is 6.92 Å². The number of aliphatic hydroxyl groups excluding tert-OH is 1. The molecule has 7 nitrogen and oxygen atoms in total. The number of hydrogen-bond donors (Lipinski definition) is 2. The largest absolute Gasteiger partial charge is 0.422 e. The summed E-state index contributed by atoms with van der Waals surface area (Å²) in [6.45, 7) is 6.74. The zero-order valence-electron chi connectivity index (χ0n) is 17.8. The van der Waals surface area contributed by atoms with Crippen LogP contribution in [-0.4, -0.2) is 75.6 Å². The molecule has 10 heteroatoms. The van der Waals surface area contributed by atoms with E-state index in [0.29, 0.717) is 18.6 Å². The van der Waals surface area contributed by atoms with E-state index in [1.54, 1.807) is 12.3 Å². The second-order valence-electron chi connectivity index (χ2n) is 8.13. The number of aromatic nitrogens is 2. The summed E-state index contributed by atoms with van der Waals surface area (Å²) >= 11 is 0. The molecule has 1 saturated heterocycles. The second kappa shape index (κ2) is 8.95. The van der Waals surface area contributed by atoms with Crippen LogP contribution in [0.4, 0.5) is 13.2 Å². The maximum Gasteiger partial charge on any atom is 0.422 e. The van der Waals surface area contributed by atoms with Gasteiger partial charge in [0.05, 0.1) is 23.3 Å². The van der Waals surface area contributed by atoms with Crippen molar-refractivity contribution in [3.63, 3.8) is 0 Å². The number of halogens is 3. The smallest absolute Gasteiger partial charge is 0.395 e. The third kappa shape index (κ3) is 4.66. The summed E-state index contributed by atoms with van der Waals surface area (Å²) in [5, 5.41) is 9.15. The van der Waals surface area contributed by atoms with E-state index in [1.165, 1.54) is 6.92 Å². The van der Waals surface area contributed by atoms with E-state index in [-0.39, 0.29) is 17.7 Å². The molecule has 1 fully saturated rings. The van der Waals surface area contributed by atoms with E-state index >= 15 is 0 Å². The SMILES string of the molecule is Cc1c(C(F)(F)F)c(=O)[nH]c2cc(CN3CCN(C4=CN(CCO)CC=C4)CC3)cnc12. The Balaban J connectivity index is 1.44. The van der Waals surface area contributed by atoms with Crippen molar-refractivity contribution < 1.29 is 18.3 Å². The van der Waals surface area contributed by atoms with Gasteiger partial charge in [-0.15, -0.1) is 0 Å². The average Bonchev–Trinajstić information content (AvgIpc) is 2.73. The van der Waals surface area contributed by atoms with Crippen LogP contribution in [0.1, 0.15) is 16.7 Å². The van der Waals surface area contributed by atoms with E-state index in [1.807, 2.05) is 0 Å². The highest BCUT2D eigenvalue weighted by molar-refractivity contribution is 5.79. The minimum atomic E-state index is -4.72. The minimum absolute atomic E-state index is 0.119. The summed E-state index contributed by atoms with van der Waals surface area (Å²) in [5.41, 5.74) is -0.0338. The number of aromatic amines is 1. The predicted octanol–water partition coefficient (Wildman–Crippen LogP) is 2.07. The number of piperazine rings is 1. The number of allylic oxidation sites excluding steroid dienone is 1. The Morgan fingerprint density at radius 3 is 2.66 bits per heavy atom. The molecule has 0 amide bonds. The molecule has 0 radical (unpaired) electrons. The van der Waals surface area contributed by atoms with Crippen LogP contribution in [-0.2, 0) is 12.7 Å². The average molecular weight is 449 g/mol. The fraction of sp³-hybridized carbons (Fsp3) is 0.455. The van der Waals surface area contributed by atoms with Crippen LogP contribution in [0.3, 0.4) is 0 Å². The van der Waals surface area contributed by atoms with Gasteiger partial charge in [-0.05, 0) is 30.2 Å². The van der Waals surface area contributed by atoms with Crippen molar-refractivity contribution in [2.24, 2.45) is 0 Å². The number of pyridine rings is 2. The summed E-state index contributed by atoms with van der Waals surface area (Å²) in [6.07, 6.45) is 3.13. The van der Waals surface area contributed by atoms with Gasteiger partial charge in [0, 0.05) is 58.2 Å². The Kier molecular flexibility index (Phi) is 6.25. The van der Waals surface area contributed by atoms with Crippen molar-refractivity contribution >= 4 is 11.0 Å². The Labute approximate surface area is 183 Å². The van der Waals surface area contributed by atoms with Crippen molar-refractivity contribution in [2.45, 2.75) is 19.6 Å². The van der Waals surface area contributed by atoms with Gasteiger partial charge in [-0.25, -0.2) is 0 Å². The van der Waals surface area contributed by atoms with E-state index < -0.39 is 17.3 Å². The topological polar surface area (TPSA) is 75.7 Å². The van der Waals surface area contributed by atoms with Crippen molar-refractivity contribution in [2.75, 3.05) is 45.9 Å². The molecule has 2 aromatic heterocycles. The van der Waals surface area contributed by atoms with Gasteiger partial charge in [0.2, 0.25) is 0 Å². The molecule has 2 aliphatic rings. The first-order valence-corrected chi connectivity index (χ1v) is 10.6. The highest BCUT2D eigenvalue weighted by Crippen LogP contribution is 2.31. The quantitative estimate of drug-likeness (QED) is 0.728. The van der Waals surface area contributed by atoms with Crippen molar-refractivity contribution in [3.8, 4) is 0 Å². The van der Waals surface area contributed by atoms with Gasteiger partial charge < -0.3 is 19.9 Å². The Morgan fingerprint density at radius 2 is 1.97 bits per heavy atom. The maximum atomic E-state index is 13.2. The fourth-order valence-electron chi connectivity index (χ4n) is 4.29. The molecule has 0 unspecified atom stereocenters. The Bertz CT molecular complexity index is 1100. The van der Waals surface area contributed by atoms with Crippen molar-refractivity contribution in [3.05, 3.63) is 63.4 Å². The number of nitrogens with one attached hydrogen (secondary N) is 1. The van der Waals surface area contributed by atoms with Crippen molar-refractivity contribution in [1.29, 1.82) is 0 Å². The first-order chi connectivity index (χ1) is 15.3. The zero-order valence-corrected chi connectivity index (χ0v) is 17.8. The summed E-state index contributed by atoms with van der Waals surface area (Å²) in [6, 6.07) is 1.71. The molecule has 2 aliphatic heterocycles. The molecular formula is C22H26F3N5O2. The molecule has 32 heavy (non-hydrogen) atoms. The molecule has 4 rings (SSSR count). The number of aryl methyl sites for hydroxylation is 1. The number of hydrogen-bond acceptors (Lipinski definition) is 6. The van der Waals surface area contributed by atoms with Gasteiger partial charge in [0.25, 0.3) is 5.56 Å². The van der Waals surface area contributed by atoms with Crippen LogP contribution in [0.5, 0.6) is 0 Å². The lowest BCUT2D eigenvalue weighted by atomic mass is 10.1. The summed E-state index contributed by atoms with van der Waals surface area (Å²) in [7, 11) is 0. The Hall–Kier alpha value is -2.85. The van der Waals surface area contributed by atoms with Gasteiger partial charge in [0.15, 0.2) is 0 Å². The molecular weight excluding hydrogens is 423 g/mol. The van der Waals surface area contributed by atoms with Crippen LogP contribution >= 0.6 is 0 Å². The lowest BCUT2D eigenvalue weighted by Gasteiger charge is -2.38. The molecule has 2 N–H and O–H groups in total. The summed E-state index contributed by atoms with van der Waals surface area (Å²) in [5.74, 6) is 0. The predicted molar refractivity (Wildman–Crippen MR) is 115 cm³/mol. The first-order valence-electron chi connectivity index (χ1n) is 10.6. The maximum absolute atomic E-state index is 13.2. The molecule has 0 saturated carbocycles. The monoisotopic (exact) mass is 449 g/mol. The molecule has 0 atom stereocenters. The molecule has 0 bridgehead atoms. The van der Waals surface area contributed by atoms with E-state index in [4.69, 9.17) is 5.11 Å². The van der Waals surface area contributed by atoms with Crippen LogP contribution in [0.2, 0.25) is 0 Å². The van der Waals surface area contributed by atoms with E-state index in [0.717, 1.165) is 44.0 Å². The number of H-pyrrole nitrogens is 1. The third-order valence-electron chi connectivity index (χ3n) is 5.91. The number of aliphatic hydroxyl groups is 1. The van der Waals surface area contributed by atoms with Gasteiger partial charge in [-0.1, -0.05) is 6.08 Å². The highest BCUT2D eigenvalue weighted by atomic mass is 19.4. The number of fused-ring (bicyclic) bond motifs is 1. The van der Waals surface area contributed by atoms with Crippen LogP contribution in [0.15, 0.2) is 41.1 Å². The number of nitrogens with zero attached hydrogens (tertiary/aromatic N) is 4. The standard InChI is InChI=1S/C22H26F3N5O2/c1-15-19(22(23,24)25)21(32)27-18-11-16(12-26-20(15)18)13-29-5-7-30(8-6-29)17-3-2-4-28(14-17)9-10-31/h2-3,11-12,14,31H,4-10,13H2,1H3,(H,27,32). The molecule has 0 aromatic carbocycles. The van der Waals surface area contributed by atoms with Gasteiger partial charge in [-0.3, -0.25) is 14.7 Å². The highest BCUT2D eigenvalue weighted by Gasteiger charge is 2.36. The second-order valence-corrected chi connectivity index (χ2v) is 8.13. The molecule has 172 valence electrons. The Morgan fingerprint density at radius 1 is 1.22 bits per heavy atom. The van der Waals surface area contributed by atoms with Crippen molar-refractivity contribution in [1.82, 2.24) is 24.7 Å². The van der Waals surface area contributed by atoms with Gasteiger partial charge in [0.1, 0.15) is 5.56 Å². The van der Waals surface area contributed by atoms with Crippen LogP contribution in [0.25, 0.3) is 11.0 Å². The normalized spacial score (nSPS) is 17.8. The van der Waals surface area contributed by atoms with Gasteiger partial charge >= 0.3 is 6.18 Å². The van der Waals surface area contributed by atoms with Crippen LogP contribution < -0.4 is 5.56 Å². The molecule has 2 aromatic rings. The zero-order chi connectivity index (χ0) is 22.9. The third-order valence-corrected chi connectivity index (χ3v) is 5.91. The summed E-state index contributed by atoms with van der Waals surface area (Å²) < 4.78 is 39.5. The lowest BCUT2D eigenvalue weighted by Crippen LogP contribution is -2.45. The van der Waals surface area contributed by atoms with E-state index in [2.05, 4.69) is 43.0 Å². The number of β-amino-alcohol motifs (C(OH)–C–C–N with tert-alkyl or cyclic N) is 1. The van der Waals surface area contributed by atoms with Gasteiger partial charge in [-0.2, -0.15) is 13.2 Å². The first kappa shape index (κ1) is 22.3. The molecule has 0 aliphatic carbocycles. The molecule has 0 spiro atoms. The fourth-order valence-corrected chi connectivity index (χ4v) is 4.29. The number of rotatable bonds is 5. The summed E-state index contributed by atoms with van der Waals surface area (Å²) in [4.78, 5) is 25.2. The minimum Gasteiger partial charge on any atom is -0.395 e. The molecule has 4 heterocycles. The van der Waals surface area contributed by atoms with E-state index in [9.17, 15) is 18.0 Å². The number of alkyl halides is 3.